The van der Waals surface area contributed by atoms with Crippen LogP contribution < -0.4 is 0 Å². The fourth-order valence-electron chi connectivity index (χ4n) is 5.47. The summed E-state index contributed by atoms with van der Waals surface area (Å²) in [7, 11) is 0. The van der Waals surface area contributed by atoms with Crippen LogP contribution >= 0.6 is 0 Å². The van der Waals surface area contributed by atoms with Crippen LogP contribution in [0.2, 0.25) is 0 Å². The number of rotatable bonds is 21. The van der Waals surface area contributed by atoms with E-state index in [1.165, 1.54) is 44.9 Å². The molecule has 0 radical (unpaired) electrons. The highest BCUT2D eigenvalue weighted by molar-refractivity contribution is 5.71. The second kappa shape index (κ2) is 19.8. The second-order valence-corrected chi connectivity index (χ2v) is 12.3. The minimum Gasteiger partial charge on any atom is -0.481 e. The smallest absolute Gasteiger partial charge is 0.309 e. The number of carboxylic acids is 1. The van der Waals surface area contributed by atoms with Gasteiger partial charge >= 0.3 is 5.97 Å². The molecule has 1 aliphatic heterocycles. The molecule has 0 aromatic rings. The molecule has 2 N–H and O–H groups in total. The summed E-state index contributed by atoms with van der Waals surface area (Å²) >= 11 is 0. The summed E-state index contributed by atoms with van der Waals surface area (Å²) in [4.78, 5) is 12.1. The van der Waals surface area contributed by atoms with Crippen LogP contribution in [0, 0.1) is 11.3 Å². The predicted octanol–water partition coefficient (Wildman–Crippen LogP) is 8.99. The minimum atomic E-state index is -1.36. The first-order valence-electron chi connectivity index (χ1n) is 15.7. The van der Waals surface area contributed by atoms with Crippen LogP contribution in [0.3, 0.4) is 0 Å². The van der Waals surface area contributed by atoms with E-state index >= 15 is 0 Å². The maximum Gasteiger partial charge on any atom is 0.309 e. The van der Waals surface area contributed by atoms with Crippen LogP contribution in [0.15, 0.2) is 24.3 Å². The first-order chi connectivity index (χ1) is 18.2. The maximum atomic E-state index is 12.1. The maximum absolute atomic E-state index is 12.1. The molecule has 4 atom stereocenters. The Hall–Kier alpha value is -1.17. The Bertz CT molecular complexity index is 659. The molecule has 1 aliphatic rings. The van der Waals surface area contributed by atoms with Gasteiger partial charge in [0.15, 0.2) is 6.29 Å². The second-order valence-electron chi connectivity index (χ2n) is 12.3. The number of aliphatic carboxylic acids is 1. The lowest BCUT2D eigenvalue weighted by molar-refractivity contribution is -0.214. The van der Waals surface area contributed by atoms with Crippen LogP contribution in [-0.2, 0) is 14.3 Å². The zero-order valence-corrected chi connectivity index (χ0v) is 25.4. The average molecular weight is 537 g/mol. The molecule has 4 unspecified atom stereocenters. The topological polar surface area (TPSA) is 76.0 Å². The molecular weight excluding hydrogens is 476 g/mol. The molecule has 5 nitrogen and oxygen atoms in total. The fourth-order valence-corrected chi connectivity index (χ4v) is 5.47. The van der Waals surface area contributed by atoms with Crippen molar-refractivity contribution < 1.29 is 24.5 Å². The van der Waals surface area contributed by atoms with Gasteiger partial charge in [-0.25, -0.2) is 0 Å². The van der Waals surface area contributed by atoms with Crippen molar-refractivity contribution in [1.82, 2.24) is 0 Å². The Kier molecular flexibility index (Phi) is 18.2. The molecule has 1 saturated heterocycles. The first kappa shape index (κ1) is 34.9. The lowest BCUT2D eigenvalue weighted by Crippen LogP contribution is -2.54. The van der Waals surface area contributed by atoms with Gasteiger partial charge in [-0.15, -0.1) is 0 Å². The van der Waals surface area contributed by atoms with E-state index in [0.29, 0.717) is 19.4 Å². The van der Waals surface area contributed by atoms with Gasteiger partial charge in [0, 0.05) is 13.0 Å². The van der Waals surface area contributed by atoms with Crippen molar-refractivity contribution in [2.45, 2.75) is 162 Å². The standard InChI is InChI=1S/C33H60O5/c1-6-8-9-10-11-12-13-14-15-16-17-18-19-20-21-24-28(38-30-25-22-23-26-37-30)27-33(36,32(3,4)5)29(7-2)31(34)35/h11-12,14-15,28-30,36H,6-10,13,16-27H2,1-5H3,(H,34,35). The van der Waals surface area contributed by atoms with Crippen molar-refractivity contribution in [3.8, 4) is 0 Å². The summed E-state index contributed by atoms with van der Waals surface area (Å²) in [6, 6.07) is 0. The van der Waals surface area contributed by atoms with E-state index in [9.17, 15) is 15.0 Å². The van der Waals surface area contributed by atoms with Crippen molar-refractivity contribution in [2.24, 2.45) is 11.3 Å². The predicted molar refractivity (Wildman–Crippen MR) is 158 cm³/mol. The van der Waals surface area contributed by atoms with E-state index in [1.807, 2.05) is 27.7 Å². The van der Waals surface area contributed by atoms with Gasteiger partial charge in [0.2, 0.25) is 0 Å². The number of unbranched alkanes of at least 4 members (excludes halogenated alkanes) is 8. The lowest BCUT2D eigenvalue weighted by Gasteiger charge is -2.46. The number of hydrogen-bond acceptors (Lipinski definition) is 4. The summed E-state index contributed by atoms with van der Waals surface area (Å²) in [6.45, 7) is 10.6. The molecule has 0 bridgehead atoms. The van der Waals surface area contributed by atoms with Crippen LogP contribution in [0.4, 0.5) is 0 Å². The summed E-state index contributed by atoms with van der Waals surface area (Å²) in [5.74, 6) is -1.76. The number of allylic oxidation sites excluding steroid dienone is 4. The SMILES string of the molecule is CCCCCC=CCC=CCCCCCCCC(CC(O)(C(CC)C(=O)O)C(C)(C)C)OC1CCCCO1. The van der Waals surface area contributed by atoms with Gasteiger partial charge in [0.05, 0.1) is 17.6 Å². The molecule has 1 rings (SSSR count). The average Bonchev–Trinajstić information content (AvgIpc) is 2.86. The quantitative estimate of drug-likeness (QED) is 0.113. The Morgan fingerprint density at radius 2 is 1.58 bits per heavy atom. The summed E-state index contributed by atoms with van der Waals surface area (Å²) in [6.07, 6.45) is 26.3. The number of carbonyl (C=O) groups is 1. The van der Waals surface area contributed by atoms with Crippen LogP contribution in [0.25, 0.3) is 0 Å². The van der Waals surface area contributed by atoms with Crippen molar-refractivity contribution in [3.05, 3.63) is 24.3 Å². The summed E-state index contributed by atoms with van der Waals surface area (Å²) in [5, 5.41) is 21.7. The van der Waals surface area contributed by atoms with Crippen molar-refractivity contribution in [1.29, 1.82) is 0 Å². The molecule has 0 aromatic carbocycles. The van der Waals surface area contributed by atoms with Crippen LogP contribution in [-0.4, -0.2) is 40.8 Å². The van der Waals surface area contributed by atoms with Crippen LogP contribution in [0.1, 0.15) is 144 Å². The van der Waals surface area contributed by atoms with E-state index in [2.05, 4.69) is 31.2 Å². The van der Waals surface area contributed by atoms with Gasteiger partial charge in [-0.05, 0) is 69.6 Å². The molecule has 38 heavy (non-hydrogen) atoms. The van der Waals surface area contributed by atoms with Crippen molar-refractivity contribution in [2.75, 3.05) is 6.61 Å². The van der Waals surface area contributed by atoms with Gasteiger partial charge in [-0.1, -0.05) is 97.4 Å². The molecule has 0 saturated carbocycles. The zero-order valence-electron chi connectivity index (χ0n) is 25.4. The van der Waals surface area contributed by atoms with E-state index in [1.54, 1.807) is 0 Å². The molecule has 5 heteroatoms. The highest BCUT2D eigenvalue weighted by atomic mass is 16.7. The van der Waals surface area contributed by atoms with Gasteiger partial charge in [0.1, 0.15) is 0 Å². The molecule has 1 fully saturated rings. The number of aliphatic hydroxyl groups is 1. The Morgan fingerprint density at radius 3 is 2.13 bits per heavy atom. The molecule has 0 spiro atoms. The Balaban J connectivity index is 2.50. The van der Waals surface area contributed by atoms with Gasteiger partial charge in [-0.2, -0.15) is 0 Å². The lowest BCUT2D eigenvalue weighted by atomic mass is 9.65. The molecule has 0 aliphatic carbocycles. The molecule has 0 amide bonds. The molecule has 222 valence electrons. The number of hydrogen-bond donors (Lipinski definition) is 2. The van der Waals surface area contributed by atoms with Gasteiger partial charge < -0.3 is 19.7 Å². The van der Waals surface area contributed by atoms with Crippen molar-refractivity contribution >= 4 is 5.97 Å². The van der Waals surface area contributed by atoms with E-state index in [0.717, 1.165) is 51.4 Å². The highest BCUT2D eigenvalue weighted by Gasteiger charge is 2.50. The number of carboxylic acid groups (broad SMARTS) is 1. The third-order valence-electron chi connectivity index (χ3n) is 8.08. The largest absolute Gasteiger partial charge is 0.481 e. The molecule has 1 heterocycles. The minimum absolute atomic E-state index is 0.214. The van der Waals surface area contributed by atoms with Crippen LogP contribution in [0.5, 0.6) is 0 Å². The third kappa shape index (κ3) is 13.8. The zero-order chi connectivity index (χ0) is 28.3. The van der Waals surface area contributed by atoms with E-state index in [4.69, 9.17) is 9.47 Å². The summed E-state index contributed by atoms with van der Waals surface area (Å²) < 4.78 is 12.2. The fraction of sp³-hybridized carbons (Fsp3) is 0.848. The van der Waals surface area contributed by atoms with E-state index in [-0.39, 0.29) is 12.4 Å². The van der Waals surface area contributed by atoms with Crippen molar-refractivity contribution in [3.63, 3.8) is 0 Å². The molecular formula is C33H60O5. The third-order valence-corrected chi connectivity index (χ3v) is 8.08. The first-order valence-corrected chi connectivity index (χ1v) is 15.7. The number of ether oxygens (including phenoxy) is 2. The Morgan fingerprint density at radius 1 is 0.947 bits per heavy atom. The van der Waals surface area contributed by atoms with Gasteiger partial charge in [-0.3, -0.25) is 4.79 Å². The highest BCUT2D eigenvalue weighted by Crippen LogP contribution is 2.43. The normalized spacial score (nSPS) is 20.1. The van der Waals surface area contributed by atoms with Gasteiger partial charge in [0.25, 0.3) is 0 Å². The van der Waals surface area contributed by atoms with E-state index < -0.39 is 22.9 Å². The molecule has 0 aromatic heterocycles. The Labute approximate surface area is 234 Å². The summed E-state index contributed by atoms with van der Waals surface area (Å²) in [5.41, 5.74) is -1.94. The monoisotopic (exact) mass is 536 g/mol.